The van der Waals surface area contributed by atoms with E-state index in [-0.39, 0.29) is 11.8 Å². The normalized spacial score (nSPS) is 17.2. The molecule has 0 N–H and O–H groups in total. The Kier molecular flexibility index (Phi) is 10.0. The highest BCUT2D eigenvalue weighted by Gasteiger charge is 2.28. The van der Waals surface area contributed by atoms with Crippen LogP contribution in [0.3, 0.4) is 0 Å². The molecule has 2 aliphatic rings. The van der Waals surface area contributed by atoms with E-state index in [4.69, 9.17) is 16.3 Å². The molecule has 1 saturated carbocycles. The number of benzene rings is 2. The van der Waals surface area contributed by atoms with Crippen LogP contribution in [-0.4, -0.2) is 79.4 Å². The van der Waals surface area contributed by atoms with Crippen LogP contribution in [-0.2, 0) is 4.79 Å². The number of carbonyl (C=O) groups excluding carboxylic acids is 2. The number of methoxy groups -OCH3 is 1. The Morgan fingerprint density at radius 1 is 1.00 bits per heavy atom. The zero-order chi connectivity index (χ0) is 26.0. The van der Waals surface area contributed by atoms with E-state index in [2.05, 4.69) is 9.80 Å². The molecule has 7 heteroatoms. The lowest BCUT2D eigenvalue weighted by Gasteiger charge is -2.37. The third-order valence-corrected chi connectivity index (χ3v) is 7.81. The summed E-state index contributed by atoms with van der Waals surface area (Å²) in [4.78, 5) is 32.6. The van der Waals surface area contributed by atoms with E-state index < -0.39 is 0 Å². The van der Waals surface area contributed by atoms with Gasteiger partial charge in [0, 0.05) is 57.3 Å². The summed E-state index contributed by atoms with van der Waals surface area (Å²) in [6.07, 6.45) is 9.68. The zero-order valence-electron chi connectivity index (χ0n) is 21.8. The summed E-state index contributed by atoms with van der Waals surface area (Å²) in [6, 6.07) is 15.0. The van der Waals surface area contributed by atoms with Crippen molar-refractivity contribution in [3.63, 3.8) is 0 Å². The van der Waals surface area contributed by atoms with E-state index in [9.17, 15) is 9.59 Å². The fourth-order valence-corrected chi connectivity index (χ4v) is 5.47. The number of hydrogen-bond acceptors (Lipinski definition) is 4. The van der Waals surface area contributed by atoms with Crippen LogP contribution in [0, 0.1) is 5.92 Å². The number of piperazine rings is 1. The van der Waals surface area contributed by atoms with Gasteiger partial charge in [0.05, 0.1) is 17.7 Å². The third kappa shape index (κ3) is 7.36. The molecule has 0 aromatic heterocycles. The maximum Gasteiger partial charge on any atom is 0.255 e. The smallest absolute Gasteiger partial charge is 0.255 e. The summed E-state index contributed by atoms with van der Waals surface area (Å²) in [5, 5.41) is 0.459. The highest BCUT2D eigenvalue weighted by molar-refractivity contribution is 6.33. The number of nitrogens with zero attached hydrogens (tertiary/aromatic N) is 3. The lowest BCUT2D eigenvalue weighted by molar-refractivity contribution is -0.138. The molecule has 0 bridgehead atoms. The highest BCUT2D eigenvalue weighted by Crippen LogP contribution is 2.26. The lowest BCUT2D eigenvalue weighted by atomic mass is 9.88. The van der Waals surface area contributed by atoms with Gasteiger partial charge in [-0.15, -0.1) is 0 Å². The van der Waals surface area contributed by atoms with Crippen LogP contribution >= 0.6 is 11.6 Å². The first-order valence-corrected chi connectivity index (χ1v) is 13.8. The van der Waals surface area contributed by atoms with Crippen molar-refractivity contribution in [2.75, 3.05) is 52.9 Å². The number of ether oxygens (including phenoxy) is 1. The van der Waals surface area contributed by atoms with Crippen LogP contribution < -0.4 is 4.74 Å². The molecule has 0 radical (unpaired) electrons. The zero-order valence-corrected chi connectivity index (χ0v) is 22.5. The van der Waals surface area contributed by atoms with Crippen LogP contribution in [0.5, 0.6) is 5.75 Å². The van der Waals surface area contributed by atoms with Gasteiger partial charge in [-0.3, -0.25) is 14.5 Å². The van der Waals surface area contributed by atoms with Crippen molar-refractivity contribution in [1.82, 2.24) is 14.7 Å². The van der Waals surface area contributed by atoms with Gasteiger partial charge in [0.2, 0.25) is 5.91 Å². The maximum atomic E-state index is 13.4. The molecule has 2 fully saturated rings. The van der Waals surface area contributed by atoms with E-state index in [0.717, 1.165) is 56.9 Å². The molecule has 4 rings (SSSR count). The topological polar surface area (TPSA) is 53.1 Å². The van der Waals surface area contributed by atoms with E-state index >= 15 is 0 Å². The Balaban J connectivity index is 1.36. The first-order valence-electron chi connectivity index (χ1n) is 13.4. The summed E-state index contributed by atoms with van der Waals surface area (Å²) >= 11 is 6.36. The lowest BCUT2D eigenvalue weighted by Crippen LogP contribution is -2.52. The van der Waals surface area contributed by atoms with Crippen molar-refractivity contribution in [2.45, 2.75) is 32.1 Å². The number of rotatable bonds is 9. The second-order valence-electron chi connectivity index (χ2n) is 9.88. The summed E-state index contributed by atoms with van der Waals surface area (Å²) in [5.41, 5.74) is 1.48. The van der Waals surface area contributed by atoms with Crippen LogP contribution in [0.25, 0.3) is 6.08 Å². The van der Waals surface area contributed by atoms with Gasteiger partial charge in [-0.05, 0) is 31.0 Å². The molecule has 1 heterocycles. The molecule has 6 nitrogen and oxygen atoms in total. The van der Waals surface area contributed by atoms with E-state index in [0.29, 0.717) is 29.6 Å². The van der Waals surface area contributed by atoms with Crippen LogP contribution in [0.1, 0.15) is 48.0 Å². The van der Waals surface area contributed by atoms with Gasteiger partial charge in [-0.2, -0.15) is 0 Å². The molecule has 0 spiro atoms. The number of hydrogen-bond donors (Lipinski definition) is 0. The molecular weight excluding hydrogens is 486 g/mol. The summed E-state index contributed by atoms with van der Waals surface area (Å²) in [7, 11) is 1.66. The van der Waals surface area contributed by atoms with Gasteiger partial charge in [0.25, 0.3) is 5.91 Å². The Morgan fingerprint density at radius 3 is 2.43 bits per heavy atom. The van der Waals surface area contributed by atoms with E-state index in [1.54, 1.807) is 19.2 Å². The molecular formula is C30H38ClN3O3. The Morgan fingerprint density at radius 2 is 1.70 bits per heavy atom. The standard InChI is InChI=1S/C30H38ClN3O3/c1-37-28-16-8-5-10-24(28)13-9-17-33(30(36)26-14-6-7-15-27(26)31)21-18-32-19-22-34(23-20-32)29(35)25-11-3-2-4-12-25/h5-10,13-16,25H,2-4,11-12,17-23H2,1H3. The number of amides is 2. The number of para-hydroxylation sites is 1. The minimum Gasteiger partial charge on any atom is -0.496 e. The quantitative estimate of drug-likeness (QED) is 0.451. The Bertz CT molecular complexity index is 1080. The molecule has 198 valence electrons. The fourth-order valence-electron chi connectivity index (χ4n) is 5.25. The van der Waals surface area contributed by atoms with Crippen LogP contribution in [0.2, 0.25) is 5.02 Å². The van der Waals surface area contributed by atoms with Gasteiger partial charge in [-0.25, -0.2) is 0 Å². The largest absolute Gasteiger partial charge is 0.496 e. The van der Waals surface area contributed by atoms with Gasteiger partial charge in [-0.1, -0.05) is 73.3 Å². The first kappa shape index (κ1) is 27.2. The van der Waals surface area contributed by atoms with Crippen molar-refractivity contribution in [2.24, 2.45) is 5.92 Å². The monoisotopic (exact) mass is 523 g/mol. The van der Waals surface area contributed by atoms with Crippen LogP contribution in [0.4, 0.5) is 0 Å². The molecule has 2 aromatic carbocycles. The molecule has 1 aliphatic carbocycles. The highest BCUT2D eigenvalue weighted by atomic mass is 35.5. The molecule has 1 saturated heterocycles. The van der Waals surface area contributed by atoms with Gasteiger partial charge in [0.15, 0.2) is 0 Å². The van der Waals surface area contributed by atoms with Crippen molar-refractivity contribution in [1.29, 1.82) is 0 Å². The van der Waals surface area contributed by atoms with Crippen molar-refractivity contribution < 1.29 is 14.3 Å². The average molecular weight is 524 g/mol. The molecule has 0 unspecified atom stereocenters. The fraction of sp³-hybridized carbons (Fsp3) is 0.467. The van der Waals surface area contributed by atoms with E-state index in [1.165, 1.54) is 19.3 Å². The minimum atomic E-state index is -0.0820. The van der Waals surface area contributed by atoms with E-state index in [1.807, 2.05) is 53.5 Å². The molecule has 2 aromatic rings. The summed E-state index contributed by atoms with van der Waals surface area (Å²) in [5.74, 6) is 1.28. The molecule has 1 aliphatic heterocycles. The maximum absolute atomic E-state index is 13.4. The van der Waals surface area contributed by atoms with Crippen molar-refractivity contribution in [3.05, 3.63) is 70.8 Å². The summed E-state index contributed by atoms with van der Waals surface area (Å²) in [6.45, 7) is 5.00. The Hall–Kier alpha value is -2.83. The predicted molar refractivity (Wildman–Crippen MR) is 149 cm³/mol. The molecule has 2 amide bonds. The van der Waals surface area contributed by atoms with Crippen molar-refractivity contribution >= 4 is 29.5 Å². The predicted octanol–water partition coefficient (Wildman–Crippen LogP) is 5.23. The average Bonchev–Trinajstić information content (AvgIpc) is 2.95. The SMILES string of the molecule is COc1ccccc1C=CCN(CCN1CCN(C(=O)C2CCCCC2)CC1)C(=O)c1ccccc1Cl. The van der Waals surface area contributed by atoms with Gasteiger partial charge < -0.3 is 14.5 Å². The second kappa shape index (κ2) is 13.6. The molecule has 37 heavy (non-hydrogen) atoms. The minimum absolute atomic E-state index is 0.0820. The van der Waals surface area contributed by atoms with Gasteiger partial charge >= 0.3 is 0 Å². The summed E-state index contributed by atoms with van der Waals surface area (Å²) < 4.78 is 5.44. The molecule has 0 atom stereocenters. The number of carbonyl (C=O) groups is 2. The third-order valence-electron chi connectivity index (χ3n) is 7.48. The van der Waals surface area contributed by atoms with Crippen molar-refractivity contribution in [3.8, 4) is 5.75 Å². The first-order chi connectivity index (χ1) is 18.1. The second-order valence-corrected chi connectivity index (χ2v) is 10.3. The Labute approximate surface area is 225 Å². The van der Waals surface area contributed by atoms with Gasteiger partial charge in [0.1, 0.15) is 5.75 Å². The number of halogens is 1. The van der Waals surface area contributed by atoms with Crippen LogP contribution in [0.15, 0.2) is 54.6 Å².